The van der Waals surface area contributed by atoms with Crippen molar-refractivity contribution >= 4 is 63.4 Å². The first kappa shape index (κ1) is 24.9. The number of amides is 2. The molecule has 4 rings (SSSR count). The molecular weight excluding hydrogens is 480 g/mol. The molecule has 1 aromatic heterocycles. The zero-order valence-corrected chi connectivity index (χ0v) is 22.0. The molecule has 0 unspecified atom stereocenters. The molecule has 1 aliphatic rings. The van der Waals surface area contributed by atoms with Crippen LogP contribution in [0.1, 0.15) is 31.9 Å². The number of para-hydroxylation sites is 1. The molecule has 182 valence electrons. The van der Waals surface area contributed by atoms with Crippen LogP contribution < -0.4 is 4.90 Å². The number of fused-ring (bicyclic) bond motifs is 1. The van der Waals surface area contributed by atoms with Crippen LogP contribution in [0.15, 0.2) is 54.4 Å². The molecule has 1 saturated heterocycles. The highest BCUT2D eigenvalue weighted by Gasteiger charge is 2.37. The van der Waals surface area contributed by atoms with Gasteiger partial charge in [-0.2, -0.15) is 0 Å². The maximum Gasteiger partial charge on any atom is 0.281 e. The van der Waals surface area contributed by atoms with Crippen molar-refractivity contribution in [3.8, 4) is 0 Å². The van der Waals surface area contributed by atoms with E-state index >= 15 is 0 Å². The number of hydrogen-bond acceptors (Lipinski definition) is 3. The summed E-state index contributed by atoms with van der Waals surface area (Å²) in [6, 6.07) is 13.2. The first-order chi connectivity index (χ1) is 16.8. The fourth-order valence-electron chi connectivity index (χ4n) is 4.53. The van der Waals surface area contributed by atoms with Crippen molar-refractivity contribution in [2.75, 3.05) is 25.0 Å². The SMILES string of the molecule is CCc1cccc2c(/C=C3/C(=O)N(c4ccc(Cl)cc4)C(=S)N3C)cn(CC(=O)N(CC)CC)c12. The number of nitrogens with zero attached hydrogens (tertiary/aromatic N) is 4. The lowest BCUT2D eigenvalue weighted by molar-refractivity contribution is -0.131. The van der Waals surface area contributed by atoms with Crippen molar-refractivity contribution in [1.29, 1.82) is 0 Å². The predicted molar refractivity (Wildman–Crippen MR) is 147 cm³/mol. The number of anilines is 1. The minimum Gasteiger partial charge on any atom is -0.342 e. The average molecular weight is 509 g/mol. The predicted octanol–water partition coefficient (Wildman–Crippen LogP) is 5.33. The molecule has 3 aromatic rings. The first-order valence-electron chi connectivity index (χ1n) is 11.8. The molecule has 1 fully saturated rings. The summed E-state index contributed by atoms with van der Waals surface area (Å²) >= 11 is 11.6. The Labute approximate surface area is 216 Å². The van der Waals surface area contributed by atoms with E-state index in [1.807, 2.05) is 47.7 Å². The molecule has 1 aliphatic heterocycles. The van der Waals surface area contributed by atoms with Crippen molar-refractivity contribution in [3.05, 3.63) is 70.5 Å². The van der Waals surface area contributed by atoms with Gasteiger partial charge in [-0.1, -0.05) is 36.7 Å². The number of rotatable bonds is 7. The van der Waals surface area contributed by atoms with Crippen LogP contribution in [0.3, 0.4) is 0 Å². The van der Waals surface area contributed by atoms with Crippen molar-refractivity contribution in [2.24, 2.45) is 0 Å². The summed E-state index contributed by atoms with van der Waals surface area (Å²) in [5, 5.41) is 1.99. The highest BCUT2D eigenvalue weighted by atomic mass is 35.5. The van der Waals surface area contributed by atoms with Crippen LogP contribution in [0.2, 0.25) is 5.02 Å². The molecule has 0 atom stereocenters. The summed E-state index contributed by atoms with van der Waals surface area (Å²) in [4.78, 5) is 31.5. The Morgan fingerprint density at radius 2 is 1.77 bits per heavy atom. The minimum absolute atomic E-state index is 0.0705. The molecule has 2 amide bonds. The molecule has 35 heavy (non-hydrogen) atoms. The number of hydrogen-bond donors (Lipinski definition) is 0. The van der Waals surface area contributed by atoms with E-state index in [1.54, 1.807) is 36.2 Å². The molecule has 0 aliphatic carbocycles. The number of benzene rings is 2. The lowest BCUT2D eigenvalue weighted by Gasteiger charge is -2.19. The van der Waals surface area contributed by atoms with Gasteiger partial charge in [0.05, 0.1) is 11.2 Å². The fraction of sp³-hybridized carbons (Fsp3) is 0.296. The Kier molecular flexibility index (Phi) is 7.28. The van der Waals surface area contributed by atoms with Crippen LogP contribution in [-0.4, -0.2) is 51.4 Å². The van der Waals surface area contributed by atoms with E-state index in [9.17, 15) is 9.59 Å². The monoisotopic (exact) mass is 508 g/mol. The molecule has 0 bridgehead atoms. The number of carbonyl (C=O) groups is 2. The molecule has 8 heteroatoms. The smallest absolute Gasteiger partial charge is 0.281 e. The maximum absolute atomic E-state index is 13.5. The summed E-state index contributed by atoms with van der Waals surface area (Å²) in [5.74, 6) is -0.132. The highest BCUT2D eigenvalue weighted by molar-refractivity contribution is 7.80. The van der Waals surface area contributed by atoms with Gasteiger partial charge >= 0.3 is 0 Å². The van der Waals surface area contributed by atoms with Crippen LogP contribution in [0, 0.1) is 0 Å². The summed E-state index contributed by atoms with van der Waals surface area (Å²) in [6.07, 6.45) is 4.67. The van der Waals surface area contributed by atoms with Crippen molar-refractivity contribution < 1.29 is 9.59 Å². The van der Waals surface area contributed by atoms with Gasteiger partial charge in [0.25, 0.3) is 5.91 Å². The third-order valence-corrected chi connectivity index (χ3v) is 7.16. The largest absolute Gasteiger partial charge is 0.342 e. The van der Waals surface area contributed by atoms with Crippen LogP contribution >= 0.6 is 23.8 Å². The molecule has 2 aromatic carbocycles. The van der Waals surface area contributed by atoms with Crippen LogP contribution in [-0.2, 0) is 22.6 Å². The standard InChI is InChI=1S/C27H29ClN4O2S/c1-5-18-9-8-10-22-19(16-31(25(18)22)17-24(33)30(6-2)7-3)15-23-26(34)32(27(35)29(23)4)21-13-11-20(28)12-14-21/h8-16H,5-7,17H2,1-4H3/b23-15-. The summed E-state index contributed by atoms with van der Waals surface area (Å²) in [5.41, 5.74) is 4.19. The van der Waals surface area contributed by atoms with Gasteiger partial charge in [-0.15, -0.1) is 0 Å². The normalized spacial score (nSPS) is 15.1. The number of aromatic nitrogens is 1. The molecule has 0 saturated carbocycles. The Hall–Kier alpha value is -3.16. The van der Waals surface area contributed by atoms with Gasteiger partial charge < -0.3 is 14.4 Å². The molecule has 0 N–H and O–H groups in total. The zero-order valence-electron chi connectivity index (χ0n) is 20.4. The van der Waals surface area contributed by atoms with E-state index in [-0.39, 0.29) is 18.4 Å². The number of likely N-dealkylation sites (N-methyl/N-ethyl adjacent to an activating group) is 2. The number of thiocarbonyl (C=S) groups is 1. The van der Waals surface area contributed by atoms with Gasteiger partial charge in [-0.05, 0) is 68.4 Å². The number of carbonyl (C=O) groups excluding carboxylic acids is 2. The fourth-order valence-corrected chi connectivity index (χ4v) is 4.95. The van der Waals surface area contributed by atoms with E-state index in [0.717, 1.165) is 28.5 Å². The second kappa shape index (κ2) is 10.2. The summed E-state index contributed by atoms with van der Waals surface area (Å²) < 4.78 is 2.01. The van der Waals surface area contributed by atoms with Crippen LogP contribution in [0.5, 0.6) is 0 Å². The lowest BCUT2D eigenvalue weighted by Crippen LogP contribution is -2.33. The maximum atomic E-state index is 13.5. The Bertz CT molecular complexity index is 1320. The van der Waals surface area contributed by atoms with E-state index < -0.39 is 0 Å². The molecule has 0 spiro atoms. The quantitative estimate of drug-likeness (QED) is 0.320. The molecule has 6 nitrogen and oxygen atoms in total. The van der Waals surface area contributed by atoms with E-state index in [2.05, 4.69) is 13.0 Å². The third kappa shape index (κ3) is 4.58. The summed E-state index contributed by atoms with van der Waals surface area (Å²) in [7, 11) is 1.79. The van der Waals surface area contributed by atoms with Gasteiger partial charge in [-0.25, -0.2) is 0 Å². The van der Waals surface area contributed by atoms with Gasteiger partial charge in [0.2, 0.25) is 5.91 Å². The third-order valence-electron chi connectivity index (χ3n) is 6.45. The second-order valence-corrected chi connectivity index (χ2v) is 9.23. The summed E-state index contributed by atoms with van der Waals surface area (Å²) in [6.45, 7) is 7.66. The Morgan fingerprint density at radius 3 is 2.40 bits per heavy atom. The van der Waals surface area contributed by atoms with Gasteiger partial charge in [0, 0.05) is 42.3 Å². The second-order valence-electron chi connectivity index (χ2n) is 8.43. The van der Waals surface area contributed by atoms with Gasteiger partial charge in [0.15, 0.2) is 5.11 Å². The zero-order chi connectivity index (χ0) is 25.3. The van der Waals surface area contributed by atoms with Gasteiger partial charge in [-0.3, -0.25) is 14.5 Å². The molecule has 0 radical (unpaired) electrons. The number of halogens is 1. The first-order valence-corrected chi connectivity index (χ1v) is 12.6. The lowest BCUT2D eigenvalue weighted by atomic mass is 10.1. The Balaban J connectivity index is 1.79. The van der Waals surface area contributed by atoms with Crippen LogP contribution in [0.4, 0.5) is 5.69 Å². The minimum atomic E-state index is -0.202. The average Bonchev–Trinajstić information content (AvgIpc) is 3.30. The van der Waals surface area contributed by atoms with E-state index in [1.165, 1.54) is 4.90 Å². The van der Waals surface area contributed by atoms with E-state index in [0.29, 0.717) is 34.6 Å². The van der Waals surface area contributed by atoms with Crippen molar-refractivity contribution in [3.63, 3.8) is 0 Å². The topological polar surface area (TPSA) is 48.8 Å². The van der Waals surface area contributed by atoms with Crippen molar-refractivity contribution in [1.82, 2.24) is 14.4 Å². The Morgan fingerprint density at radius 1 is 1.09 bits per heavy atom. The van der Waals surface area contributed by atoms with Crippen LogP contribution in [0.25, 0.3) is 17.0 Å². The van der Waals surface area contributed by atoms with Crippen molar-refractivity contribution in [2.45, 2.75) is 33.7 Å². The number of aryl methyl sites for hydroxylation is 1. The van der Waals surface area contributed by atoms with E-state index in [4.69, 9.17) is 23.8 Å². The highest BCUT2D eigenvalue weighted by Crippen LogP contribution is 2.32. The molecular formula is C27H29ClN4O2S. The molecule has 2 heterocycles. The van der Waals surface area contributed by atoms with Gasteiger partial charge in [0.1, 0.15) is 12.2 Å².